The van der Waals surface area contributed by atoms with Gasteiger partial charge in [0.05, 0.1) is 0 Å². The first kappa shape index (κ1) is 37.1. The van der Waals surface area contributed by atoms with Gasteiger partial charge in [-0.3, -0.25) is 0 Å². The summed E-state index contributed by atoms with van der Waals surface area (Å²) in [7, 11) is 0. The SMILES string of the molecule is CC(C)(C)c1c[c-]c2c(c1)-c1cc(C(C)(C)C)ccc1C2.Cc1cc(C(C)C)c(C)[cH-]1.[Cl-].[Cl-].[Zr+2]=[C]1CCCCC1. The number of hydrogen-bond donors (Lipinski definition) is 0. The van der Waals surface area contributed by atoms with Crippen molar-refractivity contribution in [3.05, 3.63) is 87.5 Å². The van der Waals surface area contributed by atoms with E-state index in [-0.39, 0.29) is 35.6 Å². The molecule has 0 aromatic heterocycles. The van der Waals surface area contributed by atoms with Crippen LogP contribution < -0.4 is 24.8 Å². The molecule has 0 saturated heterocycles. The van der Waals surface area contributed by atoms with Gasteiger partial charge in [-0.1, -0.05) is 110 Å². The van der Waals surface area contributed by atoms with Gasteiger partial charge >= 0.3 is 59.5 Å². The Morgan fingerprint density at radius 2 is 1.38 bits per heavy atom. The van der Waals surface area contributed by atoms with Crippen LogP contribution in [0.2, 0.25) is 0 Å². The van der Waals surface area contributed by atoms with Gasteiger partial charge in [0, 0.05) is 0 Å². The molecule has 40 heavy (non-hydrogen) atoms. The van der Waals surface area contributed by atoms with Gasteiger partial charge in [-0.25, -0.2) is 6.07 Å². The summed E-state index contributed by atoms with van der Waals surface area (Å²) in [4.78, 5) is 0. The van der Waals surface area contributed by atoms with Crippen molar-refractivity contribution >= 4 is 3.21 Å². The van der Waals surface area contributed by atoms with Crippen LogP contribution in [-0.2, 0) is 41.5 Å². The van der Waals surface area contributed by atoms with E-state index in [4.69, 9.17) is 0 Å². The number of halogens is 2. The average Bonchev–Trinajstić information content (AvgIpc) is 3.37. The van der Waals surface area contributed by atoms with E-state index >= 15 is 0 Å². The zero-order valence-electron chi connectivity index (χ0n) is 26.6. The van der Waals surface area contributed by atoms with Crippen LogP contribution in [0.4, 0.5) is 0 Å². The van der Waals surface area contributed by atoms with Crippen LogP contribution in [0.1, 0.15) is 132 Å². The molecule has 0 atom stereocenters. The van der Waals surface area contributed by atoms with Gasteiger partial charge < -0.3 is 24.8 Å². The third-order valence-electron chi connectivity index (χ3n) is 7.89. The minimum atomic E-state index is 0. The predicted molar refractivity (Wildman–Crippen MR) is 165 cm³/mol. The maximum atomic E-state index is 3.53. The molecule has 1 saturated carbocycles. The van der Waals surface area contributed by atoms with Crippen molar-refractivity contribution in [3.8, 4) is 11.1 Å². The third kappa shape index (κ3) is 10.1. The average molecular weight is 657 g/mol. The second-order valence-corrected chi connectivity index (χ2v) is 15.6. The summed E-state index contributed by atoms with van der Waals surface area (Å²) in [5, 5.41) is 0. The van der Waals surface area contributed by atoms with Crippen LogP contribution in [0, 0.1) is 19.9 Å². The van der Waals surface area contributed by atoms with E-state index in [0.29, 0.717) is 5.92 Å². The van der Waals surface area contributed by atoms with Gasteiger partial charge in [-0.2, -0.15) is 52.1 Å². The first-order valence-electron chi connectivity index (χ1n) is 14.7. The maximum absolute atomic E-state index is 3.53. The summed E-state index contributed by atoms with van der Waals surface area (Å²) in [6, 6.07) is 19.6. The Morgan fingerprint density at radius 3 is 1.80 bits per heavy atom. The number of aryl methyl sites for hydroxylation is 2. The Bertz CT molecular complexity index is 1180. The van der Waals surface area contributed by atoms with Crippen LogP contribution in [0.3, 0.4) is 0 Å². The second-order valence-electron chi connectivity index (χ2n) is 13.8. The normalized spacial score (nSPS) is 14.1. The molecule has 3 aromatic rings. The molecule has 3 heteroatoms. The molecule has 2 aliphatic rings. The van der Waals surface area contributed by atoms with Crippen molar-refractivity contribution in [2.75, 3.05) is 0 Å². The molecule has 0 spiro atoms. The molecule has 0 unspecified atom stereocenters. The molecular formula is C37H50Cl2Zr-2. The van der Waals surface area contributed by atoms with E-state index in [9.17, 15) is 0 Å². The summed E-state index contributed by atoms with van der Waals surface area (Å²) >= 11 is 1.69. The van der Waals surface area contributed by atoms with Crippen molar-refractivity contribution in [2.45, 2.75) is 125 Å². The molecule has 0 heterocycles. The molecule has 0 N–H and O–H groups in total. The molecule has 0 nitrogen and oxygen atoms in total. The number of fused-ring (bicyclic) bond motifs is 3. The van der Waals surface area contributed by atoms with Crippen LogP contribution >= 0.6 is 0 Å². The fourth-order valence-electron chi connectivity index (χ4n) is 5.41. The fraction of sp³-hybridized carbons (Fsp3) is 0.514. The molecule has 0 bridgehead atoms. The van der Waals surface area contributed by atoms with E-state index in [0.717, 1.165) is 6.42 Å². The van der Waals surface area contributed by atoms with Crippen LogP contribution in [0.15, 0.2) is 42.5 Å². The topological polar surface area (TPSA) is 0 Å². The molecule has 0 amide bonds. The fourth-order valence-corrected chi connectivity index (χ4v) is 6.28. The minimum absolute atomic E-state index is 0. The number of rotatable bonds is 1. The van der Waals surface area contributed by atoms with Gasteiger partial charge in [0.2, 0.25) is 0 Å². The Balaban J connectivity index is 0.000000351. The van der Waals surface area contributed by atoms with E-state index in [1.54, 1.807) is 27.4 Å². The molecule has 3 aromatic carbocycles. The monoisotopic (exact) mass is 654 g/mol. The standard InChI is InChI=1S/C21H25.C10H15.C6H10.2ClH.Zr/c1-20(2,3)16-9-7-14-11-15-8-10-17(21(4,5)6)13-19(15)18(14)12-16;1-7(2)10-6-8(3)5-9(10)4;1-2-4-6-5-3-1;;;/h7,9-10,12-13H,11H2,1-6H3;5-7H,1-4H3;1-5H2;2*1H;/q2*-1;;;;+2/p-2. The quantitative estimate of drug-likeness (QED) is 0.266. The second kappa shape index (κ2) is 15.6. The molecule has 218 valence electrons. The van der Waals surface area contributed by atoms with Gasteiger partial charge in [0.25, 0.3) is 0 Å². The van der Waals surface area contributed by atoms with E-state index in [1.807, 2.05) is 0 Å². The Hall–Kier alpha value is -0.877. The molecule has 2 aliphatic carbocycles. The summed E-state index contributed by atoms with van der Waals surface area (Å²) in [5.74, 6) is 0.675. The van der Waals surface area contributed by atoms with E-state index < -0.39 is 0 Å². The van der Waals surface area contributed by atoms with Gasteiger partial charge in [-0.15, -0.1) is 5.56 Å². The number of hydrogen-bond acceptors (Lipinski definition) is 0. The zero-order valence-corrected chi connectivity index (χ0v) is 30.6. The van der Waals surface area contributed by atoms with Gasteiger partial charge in [0.1, 0.15) is 0 Å². The van der Waals surface area contributed by atoms with Gasteiger partial charge in [-0.05, 0) is 17.4 Å². The van der Waals surface area contributed by atoms with Crippen LogP contribution in [0.5, 0.6) is 0 Å². The van der Waals surface area contributed by atoms with Crippen LogP contribution in [0.25, 0.3) is 11.1 Å². The van der Waals surface area contributed by atoms with Gasteiger partial charge in [0.15, 0.2) is 0 Å². The number of benzene rings is 2. The summed E-state index contributed by atoms with van der Waals surface area (Å²) in [5.41, 5.74) is 13.1. The Kier molecular flexibility index (Phi) is 14.4. The van der Waals surface area contributed by atoms with Crippen molar-refractivity contribution in [3.63, 3.8) is 0 Å². The molecular weight excluding hydrogens is 607 g/mol. The predicted octanol–water partition coefficient (Wildman–Crippen LogP) is 4.48. The summed E-state index contributed by atoms with van der Waals surface area (Å²) < 4.78 is 1.80. The van der Waals surface area contributed by atoms with Crippen molar-refractivity contribution < 1.29 is 49.0 Å². The van der Waals surface area contributed by atoms with E-state index in [1.165, 1.54) is 82.2 Å². The molecule has 0 aliphatic heterocycles. The third-order valence-corrected chi connectivity index (χ3v) is 9.12. The molecule has 0 radical (unpaired) electrons. The van der Waals surface area contributed by atoms with Crippen LogP contribution in [-0.4, -0.2) is 3.21 Å². The van der Waals surface area contributed by atoms with Crippen molar-refractivity contribution in [1.29, 1.82) is 0 Å². The summed E-state index contributed by atoms with van der Waals surface area (Å²) in [6.45, 7) is 22.5. The Labute approximate surface area is 273 Å². The first-order valence-corrected chi connectivity index (χ1v) is 15.9. The molecule has 1 fully saturated rings. The first-order chi connectivity index (χ1) is 17.7. The van der Waals surface area contributed by atoms with E-state index in [2.05, 4.69) is 118 Å². The zero-order chi connectivity index (χ0) is 28.3. The van der Waals surface area contributed by atoms with Crippen molar-refractivity contribution in [1.82, 2.24) is 0 Å². The Morgan fingerprint density at radius 1 is 0.800 bits per heavy atom. The van der Waals surface area contributed by atoms with Crippen molar-refractivity contribution in [2.24, 2.45) is 0 Å². The summed E-state index contributed by atoms with van der Waals surface area (Å²) in [6.07, 6.45) is 8.34. The molecule has 5 rings (SSSR count).